The molecular weight excluding hydrogens is 1020 g/mol. The number of hydrogen-bond acceptors (Lipinski definition) is 4. The first kappa shape index (κ1) is 55.9. The van der Waals surface area contributed by atoms with E-state index in [1.54, 1.807) is 0 Å². The molecule has 0 atom stereocenters. The summed E-state index contributed by atoms with van der Waals surface area (Å²) >= 11 is 0. The molecule has 0 saturated heterocycles. The number of aryl methyl sites for hydroxylation is 1. The summed E-state index contributed by atoms with van der Waals surface area (Å²) in [5.74, 6) is 0. The van der Waals surface area contributed by atoms with E-state index in [2.05, 4.69) is 297 Å². The van der Waals surface area contributed by atoms with E-state index in [1.165, 1.54) is 89.0 Å². The third kappa shape index (κ3) is 9.07. The summed E-state index contributed by atoms with van der Waals surface area (Å²) in [7, 11) is 0. The lowest BCUT2D eigenvalue weighted by Gasteiger charge is -2.46. The highest BCUT2D eigenvalue weighted by atomic mass is 16.3. The summed E-state index contributed by atoms with van der Waals surface area (Å²) in [6, 6.07) is 61.7. The Labute approximate surface area is 503 Å². The van der Waals surface area contributed by atoms with Gasteiger partial charge in [-0.2, -0.15) is 0 Å². The van der Waals surface area contributed by atoms with Gasteiger partial charge in [0.2, 0.25) is 0 Å². The highest BCUT2D eigenvalue weighted by Crippen LogP contribution is 2.56. The second-order valence-corrected chi connectivity index (χ2v) is 31.3. The largest absolute Gasteiger partial charge is 0.466 e. The van der Waals surface area contributed by atoms with Crippen LogP contribution in [0.3, 0.4) is 0 Å². The summed E-state index contributed by atoms with van der Waals surface area (Å²) < 4.78 is 7.93. The maximum atomic E-state index is 7.93. The molecule has 4 aliphatic rings. The Hall–Kier alpha value is -7.24. The first-order valence-electron chi connectivity index (χ1n) is 31.3. The van der Waals surface area contributed by atoms with Crippen LogP contribution in [-0.4, -0.2) is 6.85 Å². The SMILES string of the molecule is Cc1cc2c3c(c1)N(c1ccc(C(C)(C)C)cc1-c1ccccc1)c1c(oc4cc5c(cc14)C(C)(C)CCC5(C)C)B3N(c1ccc3c(c1)C(C)(C)CCC3(C)C)c1cc(N(c3ccc(C(C)(C)C)cc3)c3ccc(C(C)(C)C)cc3)ccc1-2. The summed E-state index contributed by atoms with van der Waals surface area (Å²) in [6.07, 6.45) is 4.53. The fourth-order valence-electron chi connectivity index (χ4n) is 14.8. The number of fused-ring (bicyclic) bond motifs is 8. The summed E-state index contributed by atoms with van der Waals surface area (Å²) in [6.45, 7) is 42.4. The first-order valence-corrected chi connectivity index (χ1v) is 31.3. The van der Waals surface area contributed by atoms with Crippen LogP contribution in [0.25, 0.3) is 33.2 Å². The van der Waals surface area contributed by atoms with Crippen LogP contribution in [0.5, 0.6) is 0 Å². The van der Waals surface area contributed by atoms with Crippen molar-refractivity contribution in [3.05, 3.63) is 202 Å². The highest BCUT2D eigenvalue weighted by Gasteiger charge is 2.51. The Morgan fingerprint density at radius 1 is 0.440 bits per heavy atom. The Morgan fingerprint density at radius 2 is 0.964 bits per heavy atom. The van der Waals surface area contributed by atoms with Gasteiger partial charge in [0.15, 0.2) is 0 Å². The molecule has 84 heavy (non-hydrogen) atoms. The lowest BCUT2D eigenvalue weighted by Crippen LogP contribution is -2.61. The predicted molar refractivity (Wildman–Crippen MR) is 361 cm³/mol. The standard InChI is InChI=1S/C79H88BN3O/c1-49-42-60-58-35-33-56(81(54-29-24-51(25-30-54)73(2,3)4)55-31-26-52(27-32-55)74(5,6)7)46-67(58)83(57-34-36-62-63(45-57)77(13,14)39-38-76(62,11)12)80-70(60)68(43-49)82(66-37-28-53(75(8,9)10)44-59(66)50-22-20-19-21-23-50)71-61-47-64-65(48-69(61)84-72(71)80)79(17,18)41-40-78(64,15)16/h19-37,42-48H,38-41H2,1-18H3. The van der Waals surface area contributed by atoms with Gasteiger partial charge in [-0.15, -0.1) is 0 Å². The van der Waals surface area contributed by atoms with Crippen LogP contribution in [0.15, 0.2) is 162 Å². The van der Waals surface area contributed by atoms with Crippen LogP contribution in [-0.2, 0) is 37.9 Å². The number of nitrogens with zero attached hydrogens (tertiary/aromatic N) is 3. The van der Waals surface area contributed by atoms with Gasteiger partial charge in [-0.25, -0.2) is 0 Å². The monoisotopic (exact) mass is 1110 g/mol. The zero-order chi connectivity index (χ0) is 59.6. The van der Waals surface area contributed by atoms with E-state index < -0.39 is 0 Å². The number of furan rings is 1. The average molecular weight is 1110 g/mol. The molecule has 0 fully saturated rings. The fraction of sp³-hybridized carbons (Fsp3) is 0.367. The molecule has 5 heteroatoms. The molecule has 2 aliphatic carbocycles. The van der Waals surface area contributed by atoms with E-state index in [-0.39, 0.29) is 44.8 Å². The summed E-state index contributed by atoms with van der Waals surface area (Å²) in [5, 5.41) is 1.17. The molecule has 428 valence electrons. The number of rotatable bonds is 6. The van der Waals surface area contributed by atoms with E-state index in [9.17, 15) is 0 Å². The Balaban J connectivity index is 1.15. The van der Waals surface area contributed by atoms with Gasteiger partial charge < -0.3 is 19.0 Å². The normalized spacial score (nSPS) is 17.3. The van der Waals surface area contributed by atoms with Crippen molar-refractivity contribution < 1.29 is 4.42 Å². The molecule has 0 saturated carbocycles. The highest BCUT2D eigenvalue weighted by molar-refractivity contribution is 6.93. The minimum Gasteiger partial charge on any atom is -0.466 e. The molecule has 8 aromatic carbocycles. The maximum Gasteiger partial charge on any atom is 0.375 e. The first-order chi connectivity index (χ1) is 39.4. The molecule has 4 nitrogen and oxygen atoms in total. The second kappa shape index (κ2) is 18.9. The van der Waals surface area contributed by atoms with Crippen molar-refractivity contribution in [3.63, 3.8) is 0 Å². The minimum atomic E-state index is -0.326. The van der Waals surface area contributed by atoms with Crippen LogP contribution in [0.4, 0.5) is 45.5 Å². The van der Waals surface area contributed by atoms with Crippen LogP contribution in [0.1, 0.15) is 188 Å². The van der Waals surface area contributed by atoms with Crippen molar-refractivity contribution in [2.75, 3.05) is 14.6 Å². The average Bonchev–Trinajstić information content (AvgIpc) is 1.64. The smallest absolute Gasteiger partial charge is 0.375 e. The molecule has 0 N–H and O–H groups in total. The van der Waals surface area contributed by atoms with Gasteiger partial charge in [0.1, 0.15) is 11.2 Å². The van der Waals surface area contributed by atoms with Crippen molar-refractivity contribution in [1.82, 2.24) is 0 Å². The van der Waals surface area contributed by atoms with E-state index in [1.807, 2.05) is 0 Å². The van der Waals surface area contributed by atoms with Crippen molar-refractivity contribution in [2.45, 2.75) is 188 Å². The van der Waals surface area contributed by atoms with Crippen molar-refractivity contribution in [2.24, 2.45) is 0 Å². The third-order valence-corrected chi connectivity index (χ3v) is 20.3. The van der Waals surface area contributed by atoms with Crippen LogP contribution in [0.2, 0.25) is 0 Å². The van der Waals surface area contributed by atoms with Crippen molar-refractivity contribution in [1.29, 1.82) is 0 Å². The molecule has 0 bridgehead atoms. The molecule has 0 unspecified atom stereocenters. The molecule has 3 heterocycles. The molecule has 1 aromatic heterocycles. The summed E-state index contributed by atoms with van der Waals surface area (Å²) in [5.41, 5.74) is 28.1. The molecule has 0 spiro atoms. The lowest BCUT2D eigenvalue weighted by atomic mass is 9.45. The fourth-order valence-corrected chi connectivity index (χ4v) is 14.8. The van der Waals surface area contributed by atoms with Gasteiger partial charge in [0.25, 0.3) is 0 Å². The molecule has 9 aromatic rings. The second-order valence-electron chi connectivity index (χ2n) is 31.3. The predicted octanol–water partition coefficient (Wildman–Crippen LogP) is 21.2. The molecule has 13 rings (SSSR count). The molecule has 0 radical (unpaired) electrons. The Bertz CT molecular complexity index is 4040. The number of hydrogen-bond donors (Lipinski definition) is 0. The van der Waals surface area contributed by atoms with E-state index in [0.717, 1.165) is 71.1 Å². The van der Waals surface area contributed by atoms with Crippen LogP contribution in [0, 0.1) is 6.92 Å². The number of anilines is 8. The zero-order valence-corrected chi connectivity index (χ0v) is 53.7. The molecular formula is C79H88BN3O. The van der Waals surface area contributed by atoms with E-state index in [4.69, 9.17) is 4.42 Å². The lowest BCUT2D eigenvalue weighted by molar-refractivity contribution is 0.332. The van der Waals surface area contributed by atoms with E-state index in [0.29, 0.717) is 0 Å². The van der Waals surface area contributed by atoms with Gasteiger partial charge in [-0.1, -0.05) is 197 Å². The molecule has 0 amide bonds. The topological polar surface area (TPSA) is 22.9 Å². The number of benzene rings is 8. The van der Waals surface area contributed by atoms with E-state index >= 15 is 0 Å². The van der Waals surface area contributed by atoms with Crippen molar-refractivity contribution >= 4 is 74.4 Å². The van der Waals surface area contributed by atoms with Crippen molar-refractivity contribution in [3.8, 4) is 22.3 Å². The molecule has 2 aliphatic heterocycles. The van der Waals surface area contributed by atoms with Gasteiger partial charge in [0.05, 0.1) is 11.4 Å². The Kier molecular flexibility index (Phi) is 12.6. The minimum absolute atomic E-state index is 0.00946. The Morgan fingerprint density at radius 3 is 1.54 bits per heavy atom. The zero-order valence-electron chi connectivity index (χ0n) is 53.7. The van der Waals surface area contributed by atoms with Gasteiger partial charge in [-0.3, -0.25) is 0 Å². The third-order valence-electron chi connectivity index (χ3n) is 20.3. The summed E-state index contributed by atoms with van der Waals surface area (Å²) in [4.78, 5) is 7.81. The van der Waals surface area contributed by atoms with Gasteiger partial charge in [-0.05, 0) is 210 Å². The van der Waals surface area contributed by atoms with Crippen LogP contribution < -0.4 is 25.7 Å². The maximum absolute atomic E-state index is 7.93. The van der Waals surface area contributed by atoms with Crippen LogP contribution >= 0.6 is 0 Å². The van der Waals surface area contributed by atoms with Gasteiger partial charge in [0, 0.05) is 50.6 Å². The quantitative estimate of drug-likeness (QED) is 0.155. The van der Waals surface area contributed by atoms with Gasteiger partial charge >= 0.3 is 6.85 Å².